The Morgan fingerprint density at radius 2 is 1.65 bits per heavy atom. The summed E-state index contributed by atoms with van der Waals surface area (Å²) in [7, 11) is 0.757. The Morgan fingerprint density at radius 3 is 2.19 bits per heavy atom. The molecule has 2 unspecified atom stereocenters. The van der Waals surface area contributed by atoms with Gasteiger partial charge in [-0.2, -0.15) is 0 Å². The second kappa shape index (κ2) is 8.21. The maximum atomic E-state index is 12.1. The zero-order valence-corrected chi connectivity index (χ0v) is 19.0. The summed E-state index contributed by atoms with van der Waals surface area (Å²) < 4.78 is 13.1. The first-order valence-corrected chi connectivity index (χ1v) is 12.0. The van der Waals surface area contributed by atoms with E-state index in [1.807, 2.05) is 13.1 Å². The average Bonchev–Trinajstić information content (AvgIpc) is 3.24. The largest absolute Gasteiger partial charge is 0.793 e. The van der Waals surface area contributed by atoms with Crippen molar-refractivity contribution in [1.82, 2.24) is 9.88 Å². The van der Waals surface area contributed by atoms with E-state index in [0.29, 0.717) is 22.5 Å². The Morgan fingerprint density at radius 1 is 1.10 bits per heavy atom. The lowest BCUT2D eigenvalue weighted by Gasteiger charge is -2.30. The van der Waals surface area contributed by atoms with Crippen molar-refractivity contribution >= 4 is 18.0 Å². The number of aromatic nitrogens is 1. The molecule has 2 atom stereocenters. The van der Waals surface area contributed by atoms with E-state index in [-0.39, 0.29) is 0 Å². The van der Waals surface area contributed by atoms with E-state index in [1.165, 1.54) is 5.56 Å². The van der Waals surface area contributed by atoms with Gasteiger partial charge in [0.1, 0.15) is 12.3 Å². The number of benzene rings is 2. The molecule has 2 aliphatic heterocycles. The second-order valence-electron chi connectivity index (χ2n) is 8.57. The third-order valence-corrected chi connectivity index (χ3v) is 8.27. The third kappa shape index (κ3) is 3.92. The van der Waals surface area contributed by atoms with E-state index in [0.717, 1.165) is 35.4 Å². The lowest BCUT2D eigenvalue weighted by molar-refractivity contribution is -0.938. The Labute approximate surface area is 183 Å². The van der Waals surface area contributed by atoms with Crippen LogP contribution in [0.25, 0.3) is 0 Å². The van der Waals surface area contributed by atoms with Crippen LogP contribution in [0, 0.1) is 6.92 Å². The molecule has 0 amide bonds. The van der Waals surface area contributed by atoms with E-state index in [9.17, 15) is 14.6 Å². The van der Waals surface area contributed by atoms with E-state index >= 15 is 0 Å². The second-order valence-corrected chi connectivity index (χ2v) is 10.7. The minimum absolute atomic E-state index is 0.316. The number of aryl methyl sites for hydroxylation is 1. The number of nitrogens with zero attached hydrogens (tertiary/aromatic N) is 3. The third-order valence-electron chi connectivity index (χ3n) is 6.31. The minimum Gasteiger partial charge on any atom is -0.793 e. The summed E-state index contributed by atoms with van der Waals surface area (Å²) in [5.41, 5.74) is 3.06. The van der Waals surface area contributed by atoms with Gasteiger partial charge in [0.15, 0.2) is 6.17 Å². The highest BCUT2D eigenvalue weighted by atomic mass is 31.2. The quantitative estimate of drug-likeness (QED) is 0.492. The van der Waals surface area contributed by atoms with Gasteiger partial charge in [-0.25, -0.2) is 4.90 Å². The summed E-state index contributed by atoms with van der Waals surface area (Å²) in [6, 6.07) is 16.9. The number of pyridine rings is 1. The van der Waals surface area contributed by atoms with Gasteiger partial charge in [0, 0.05) is 22.4 Å². The van der Waals surface area contributed by atoms with Crippen LogP contribution >= 0.6 is 7.37 Å². The molecule has 31 heavy (non-hydrogen) atoms. The number of likely N-dealkylation sites (N-methyl/N-ethyl adjacent to an activating group) is 2. The number of rotatable bonds is 2. The molecular weight excluding hydrogens is 409 g/mol. The van der Waals surface area contributed by atoms with Gasteiger partial charge < -0.3 is 19.0 Å². The fraction of sp³-hybridized carbons (Fsp3) is 0.292. The molecule has 5 rings (SSSR count). The summed E-state index contributed by atoms with van der Waals surface area (Å²) in [5, 5.41) is 10.9. The van der Waals surface area contributed by atoms with Crippen LogP contribution in [0.4, 0.5) is 0 Å². The molecule has 2 aliphatic rings. The Kier molecular flexibility index (Phi) is 5.75. The van der Waals surface area contributed by atoms with Gasteiger partial charge in [-0.15, -0.1) is 0 Å². The molecule has 0 spiro atoms. The lowest BCUT2D eigenvalue weighted by atomic mass is 10.1. The molecule has 7 heteroatoms. The summed E-state index contributed by atoms with van der Waals surface area (Å²) in [5.74, 6) is 0.401. The highest BCUT2D eigenvalue weighted by Gasteiger charge is 2.51. The Hall–Kier alpha value is -2.50. The van der Waals surface area contributed by atoms with Crippen molar-refractivity contribution in [3.8, 4) is 5.75 Å². The summed E-state index contributed by atoms with van der Waals surface area (Å²) in [6.45, 7) is 5.11. The maximum Gasteiger partial charge on any atom is 0.176 e. The van der Waals surface area contributed by atoms with Crippen molar-refractivity contribution in [2.45, 2.75) is 19.6 Å². The molecule has 162 valence electrons. The highest BCUT2D eigenvalue weighted by molar-refractivity contribution is 7.72. The summed E-state index contributed by atoms with van der Waals surface area (Å²) in [6.07, 6.45) is 2.25. The van der Waals surface area contributed by atoms with Gasteiger partial charge in [0.2, 0.25) is 0 Å². The van der Waals surface area contributed by atoms with E-state index in [1.54, 1.807) is 60.7 Å². The molecule has 1 N–H and O–H groups in total. The van der Waals surface area contributed by atoms with Crippen LogP contribution in [0.2, 0.25) is 0 Å². The molecule has 0 radical (unpaired) electrons. The molecule has 0 bridgehead atoms. The molecule has 1 saturated heterocycles. The van der Waals surface area contributed by atoms with Gasteiger partial charge in [0.05, 0.1) is 38.8 Å². The normalized spacial score (nSPS) is 22.4. The predicted molar refractivity (Wildman–Crippen MR) is 121 cm³/mol. The van der Waals surface area contributed by atoms with Crippen molar-refractivity contribution in [3.63, 3.8) is 0 Å². The van der Waals surface area contributed by atoms with Gasteiger partial charge in [-0.05, 0) is 14.0 Å². The zero-order chi connectivity index (χ0) is 22.2. The molecule has 0 aliphatic carbocycles. The molecule has 2 aromatic carbocycles. The highest BCUT2D eigenvalue weighted by Crippen LogP contribution is 2.47. The molecule has 3 aromatic rings. The lowest BCUT2D eigenvalue weighted by Crippen LogP contribution is -2.39. The molecule has 6 nitrogen and oxygen atoms in total. The van der Waals surface area contributed by atoms with Crippen LogP contribution in [-0.2, 0) is 11.1 Å². The zero-order valence-electron chi connectivity index (χ0n) is 18.1. The maximum absolute atomic E-state index is 12.1. The SMILES string of the molecule is Cc1ncc2c(c1O)C1N(C)CC[N+]1(C)C2.O=P([O-])(c1ccccc1)c1ccccc1. The first kappa shape index (κ1) is 21.7. The van der Waals surface area contributed by atoms with E-state index < -0.39 is 7.37 Å². The molecular formula is C24H28N3O3P. The monoisotopic (exact) mass is 437 g/mol. The summed E-state index contributed by atoms with van der Waals surface area (Å²) >= 11 is 0. The molecule has 3 heterocycles. The van der Waals surface area contributed by atoms with E-state index in [4.69, 9.17) is 0 Å². The van der Waals surface area contributed by atoms with Crippen LogP contribution in [0.5, 0.6) is 5.75 Å². The molecule has 0 saturated carbocycles. The fourth-order valence-corrected chi connectivity index (χ4v) is 6.08. The standard InChI is InChI=1S/C12H17N3O.C12H11O2P/c1-8-11(16)10-9(6-13-8)7-15(3)5-4-14(2)12(10)15;13-15(14,11-7-3-1-4-8-11)12-9-5-2-6-10-12/h6,12H,4-5,7H2,1-3H3;1-10H,(H,13,14). The number of hydrogen-bond donors (Lipinski definition) is 1. The van der Waals surface area contributed by atoms with Crippen LogP contribution in [0.1, 0.15) is 23.0 Å². The van der Waals surface area contributed by atoms with Crippen LogP contribution in [0.3, 0.4) is 0 Å². The van der Waals surface area contributed by atoms with Gasteiger partial charge in [0.25, 0.3) is 0 Å². The van der Waals surface area contributed by atoms with Crippen molar-refractivity contribution in [2.75, 3.05) is 27.2 Å². The van der Waals surface area contributed by atoms with Crippen molar-refractivity contribution in [3.05, 3.63) is 83.7 Å². The van der Waals surface area contributed by atoms with Crippen LogP contribution < -0.4 is 15.5 Å². The Balaban J connectivity index is 0.000000150. The van der Waals surface area contributed by atoms with Gasteiger partial charge >= 0.3 is 0 Å². The molecule has 1 fully saturated rings. The summed E-state index contributed by atoms with van der Waals surface area (Å²) in [4.78, 5) is 18.7. The number of aromatic hydroxyl groups is 1. The number of hydrogen-bond acceptors (Lipinski definition) is 5. The van der Waals surface area contributed by atoms with Crippen LogP contribution in [-0.4, -0.2) is 46.7 Å². The van der Waals surface area contributed by atoms with Crippen molar-refractivity contribution < 1.29 is 19.0 Å². The smallest absolute Gasteiger partial charge is 0.176 e. The van der Waals surface area contributed by atoms with Crippen LogP contribution in [0.15, 0.2) is 66.9 Å². The minimum atomic E-state index is -3.65. The van der Waals surface area contributed by atoms with Crippen molar-refractivity contribution in [1.29, 1.82) is 0 Å². The van der Waals surface area contributed by atoms with Gasteiger partial charge in [-0.1, -0.05) is 60.7 Å². The number of quaternary nitrogens is 1. The number of fused-ring (bicyclic) bond motifs is 3. The van der Waals surface area contributed by atoms with E-state index in [2.05, 4.69) is 24.0 Å². The Bertz CT molecular complexity index is 1080. The first-order valence-electron chi connectivity index (χ1n) is 10.4. The fourth-order valence-electron chi connectivity index (χ4n) is 4.66. The first-order chi connectivity index (χ1) is 14.7. The average molecular weight is 437 g/mol. The molecule has 1 aromatic heterocycles. The topological polar surface area (TPSA) is 76.5 Å². The van der Waals surface area contributed by atoms with Gasteiger partial charge in [-0.3, -0.25) is 4.98 Å². The van der Waals surface area contributed by atoms with Crippen molar-refractivity contribution in [2.24, 2.45) is 0 Å². The predicted octanol–water partition coefficient (Wildman–Crippen LogP) is 2.28.